The van der Waals surface area contributed by atoms with Crippen LogP contribution in [0.5, 0.6) is 5.75 Å². The van der Waals surface area contributed by atoms with Crippen LogP contribution in [0.1, 0.15) is 67.5 Å². The molecule has 4 N–H and O–H groups in total. The maximum Gasteiger partial charge on any atom is 0.433 e. The minimum atomic E-state index is -4.74. The summed E-state index contributed by atoms with van der Waals surface area (Å²) in [4.78, 5) is 44.0. The molecule has 53 heavy (non-hydrogen) atoms. The van der Waals surface area contributed by atoms with Crippen molar-refractivity contribution in [2.75, 3.05) is 26.7 Å². The molecule has 0 saturated carbocycles. The minimum absolute atomic E-state index is 0.0991. The van der Waals surface area contributed by atoms with Crippen LogP contribution in [0, 0.1) is 11.8 Å². The van der Waals surface area contributed by atoms with E-state index in [1.807, 2.05) is 12.2 Å². The highest BCUT2D eigenvalue weighted by Gasteiger charge is 2.51. The van der Waals surface area contributed by atoms with Crippen LogP contribution in [0.2, 0.25) is 0 Å². The third-order valence-electron chi connectivity index (χ3n) is 11.2. The Hall–Kier alpha value is -4.63. The fourth-order valence-electron chi connectivity index (χ4n) is 8.38. The van der Waals surface area contributed by atoms with E-state index in [1.54, 1.807) is 24.4 Å². The third-order valence-corrected chi connectivity index (χ3v) is 11.2. The van der Waals surface area contributed by atoms with Gasteiger partial charge in [-0.25, -0.2) is 9.37 Å². The Balaban J connectivity index is 0.969. The zero-order chi connectivity index (χ0) is 37.3. The number of hydrogen-bond donors (Lipinski definition) is 4. The number of piperidine rings is 3. The highest BCUT2D eigenvalue weighted by molar-refractivity contribution is 6.01. The number of nitrogens with zero attached hydrogens (tertiary/aromatic N) is 3. The van der Waals surface area contributed by atoms with Crippen LogP contribution in [0.15, 0.2) is 54.8 Å². The molecule has 5 unspecified atom stereocenters. The summed E-state index contributed by atoms with van der Waals surface area (Å²) >= 11 is 0. The van der Waals surface area contributed by atoms with Crippen molar-refractivity contribution >= 4 is 28.6 Å². The summed E-state index contributed by atoms with van der Waals surface area (Å²) in [5, 5.41) is 16.4. The van der Waals surface area contributed by atoms with E-state index in [4.69, 9.17) is 4.74 Å². The molecule has 2 aromatic heterocycles. The highest BCUT2D eigenvalue weighted by Crippen LogP contribution is 2.41. The van der Waals surface area contributed by atoms with Crippen LogP contribution in [-0.2, 0) is 15.8 Å². The topological polar surface area (TPSA) is 141 Å². The van der Waals surface area contributed by atoms with Crippen LogP contribution in [-0.4, -0.2) is 88.3 Å². The summed E-state index contributed by atoms with van der Waals surface area (Å²) in [5.41, 5.74) is -2.08. The fourth-order valence-corrected chi connectivity index (χ4v) is 8.38. The predicted octanol–water partition coefficient (Wildman–Crippen LogP) is 5.25. The average Bonchev–Trinajstić information content (AvgIpc) is 3.61. The molecule has 0 spiro atoms. The second-order valence-corrected chi connectivity index (χ2v) is 14.5. The Morgan fingerprint density at radius 2 is 1.89 bits per heavy atom. The zero-order valence-electron chi connectivity index (χ0n) is 29.3. The Bertz CT molecular complexity index is 1920. The average molecular weight is 738 g/mol. The first-order chi connectivity index (χ1) is 25.4. The van der Waals surface area contributed by atoms with Gasteiger partial charge in [-0.2, -0.15) is 18.3 Å². The van der Waals surface area contributed by atoms with E-state index in [2.05, 4.69) is 36.0 Å². The van der Waals surface area contributed by atoms with E-state index in [0.29, 0.717) is 60.6 Å². The van der Waals surface area contributed by atoms with Gasteiger partial charge in [0, 0.05) is 41.1 Å². The number of allylic oxidation sites excluding steroid dienone is 2. The fraction of sp³-hybridized carbons (Fsp3) is 0.500. The molecule has 3 amide bonds. The number of aromatic nitrogens is 3. The maximum absolute atomic E-state index is 16.6. The number of carbonyl (C=O) groups excluding carboxylic acids is 3. The van der Waals surface area contributed by atoms with Crippen molar-refractivity contribution in [3.05, 3.63) is 66.2 Å². The Morgan fingerprint density at radius 3 is 2.64 bits per heavy atom. The van der Waals surface area contributed by atoms with Gasteiger partial charge in [0.2, 0.25) is 11.8 Å². The van der Waals surface area contributed by atoms with Gasteiger partial charge in [-0.15, -0.1) is 0 Å². The van der Waals surface area contributed by atoms with Gasteiger partial charge in [0.15, 0.2) is 5.67 Å². The number of hydrogen-bond acceptors (Lipinski definition) is 8. The standard InChI is InChI=1S/C38H43F4N7O4/c1-53-30-20-29-23(21-44-48-29)18-27(30)26-7-9-31(38(40,41)42)46-34(26)36(52)45-25-11-15-43-24(19-25)6-5-22-12-16-49(17-13-22)32-4-2-3-14-37(32,39)28-8-10-33(50)47-35(28)51/h2-4,7,9,14,18,20-22,24-25,28,32,43H,5-6,8,10-13,15-17,19H2,1H3,(H,44,48)(H,45,52)(H,47,50,51). The number of likely N-dealkylation sites (tertiary alicyclic amines) is 1. The molecule has 7 rings (SSSR count). The first-order valence-electron chi connectivity index (χ1n) is 18.2. The molecule has 3 fully saturated rings. The van der Waals surface area contributed by atoms with Gasteiger partial charge in [0.1, 0.15) is 17.1 Å². The van der Waals surface area contributed by atoms with Crippen molar-refractivity contribution in [1.82, 2.24) is 36.0 Å². The number of carbonyl (C=O) groups is 3. The number of imide groups is 1. The summed E-state index contributed by atoms with van der Waals surface area (Å²) in [7, 11) is 1.45. The zero-order valence-corrected chi connectivity index (χ0v) is 29.3. The molecule has 5 heterocycles. The second kappa shape index (κ2) is 15.0. The molecule has 11 nitrogen and oxygen atoms in total. The highest BCUT2D eigenvalue weighted by atomic mass is 19.4. The van der Waals surface area contributed by atoms with Gasteiger partial charge < -0.3 is 15.4 Å². The van der Waals surface area contributed by atoms with E-state index in [0.717, 1.165) is 31.7 Å². The molecular weight excluding hydrogens is 694 g/mol. The van der Waals surface area contributed by atoms with Gasteiger partial charge in [0.25, 0.3) is 5.91 Å². The summed E-state index contributed by atoms with van der Waals surface area (Å²) in [5.74, 6) is -1.78. The number of rotatable bonds is 9. The van der Waals surface area contributed by atoms with Gasteiger partial charge in [-0.1, -0.05) is 18.2 Å². The minimum Gasteiger partial charge on any atom is -0.496 e. The second-order valence-electron chi connectivity index (χ2n) is 14.5. The monoisotopic (exact) mass is 737 g/mol. The van der Waals surface area contributed by atoms with Gasteiger partial charge in [0.05, 0.1) is 30.8 Å². The molecule has 282 valence electrons. The van der Waals surface area contributed by atoms with Gasteiger partial charge in [-0.05, 0) is 94.8 Å². The third kappa shape index (κ3) is 7.72. The Kier molecular flexibility index (Phi) is 10.4. The lowest BCUT2D eigenvalue weighted by Gasteiger charge is -2.46. The Labute approximate surface area is 304 Å². The molecule has 5 atom stereocenters. The number of H-pyrrole nitrogens is 1. The maximum atomic E-state index is 16.6. The van der Waals surface area contributed by atoms with Crippen LogP contribution >= 0.6 is 0 Å². The van der Waals surface area contributed by atoms with Crippen LogP contribution in [0.3, 0.4) is 0 Å². The number of methoxy groups -OCH3 is 1. The summed E-state index contributed by atoms with van der Waals surface area (Å²) in [6, 6.07) is 4.75. The summed E-state index contributed by atoms with van der Waals surface area (Å²) in [6.07, 6.45) is 8.59. The van der Waals surface area contributed by atoms with Crippen molar-refractivity contribution in [3.8, 4) is 16.9 Å². The lowest BCUT2D eigenvalue weighted by atomic mass is 9.74. The quantitative estimate of drug-likeness (QED) is 0.173. The lowest BCUT2D eigenvalue weighted by Crippen LogP contribution is -2.59. The Morgan fingerprint density at radius 1 is 1.08 bits per heavy atom. The molecule has 15 heteroatoms. The number of halogens is 4. The van der Waals surface area contributed by atoms with E-state index < -0.39 is 41.3 Å². The van der Waals surface area contributed by atoms with Crippen molar-refractivity contribution in [2.45, 2.75) is 81.3 Å². The molecule has 0 radical (unpaired) electrons. The first-order valence-corrected chi connectivity index (χ1v) is 18.2. The molecule has 1 aliphatic carbocycles. The van der Waals surface area contributed by atoms with Crippen molar-refractivity contribution in [2.24, 2.45) is 11.8 Å². The molecule has 3 saturated heterocycles. The number of aromatic amines is 1. The normalized spacial score (nSPS) is 27.2. The van der Waals surface area contributed by atoms with Crippen molar-refractivity contribution in [3.63, 3.8) is 0 Å². The first kappa shape index (κ1) is 36.7. The summed E-state index contributed by atoms with van der Waals surface area (Å²) < 4.78 is 63.5. The van der Waals surface area contributed by atoms with Gasteiger partial charge >= 0.3 is 6.18 Å². The van der Waals surface area contributed by atoms with E-state index >= 15 is 4.39 Å². The van der Waals surface area contributed by atoms with Crippen molar-refractivity contribution < 1.29 is 36.7 Å². The van der Waals surface area contributed by atoms with Crippen LogP contribution < -0.4 is 20.7 Å². The molecule has 3 aliphatic heterocycles. The largest absolute Gasteiger partial charge is 0.496 e. The molecule has 3 aromatic rings. The molecular formula is C38H43F4N7O4. The lowest BCUT2D eigenvalue weighted by molar-refractivity contribution is -0.142. The van der Waals surface area contributed by atoms with E-state index in [-0.39, 0.29) is 42.1 Å². The number of alkyl halides is 4. The smallest absolute Gasteiger partial charge is 0.433 e. The number of nitrogens with one attached hydrogen (secondary N) is 4. The SMILES string of the molecule is COc1cc2[nH]ncc2cc1-c1ccc(C(F)(F)F)nc1C(=O)NC1CCNC(CCC2CCN(C3C=CC=CC3(F)C3CCC(=O)NC3=O)CC2)C1. The van der Waals surface area contributed by atoms with Crippen LogP contribution in [0.4, 0.5) is 17.6 Å². The van der Waals surface area contributed by atoms with E-state index in [1.165, 1.54) is 19.3 Å². The van der Waals surface area contributed by atoms with E-state index in [9.17, 15) is 27.6 Å². The molecule has 4 aliphatic rings. The molecule has 0 bridgehead atoms. The number of ether oxygens (including phenoxy) is 1. The number of amides is 3. The predicted molar refractivity (Wildman–Crippen MR) is 188 cm³/mol. The number of pyridine rings is 1. The van der Waals surface area contributed by atoms with Crippen molar-refractivity contribution in [1.29, 1.82) is 0 Å². The number of benzene rings is 1. The number of fused-ring (bicyclic) bond motifs is 1. The molecule has 1 aromatic carbocycles. The summed E-state index contributed by atoms with van der Waals surface area (Å²) in [6.45, 7) is 1.99. The van der Waals surface area contributed by atoms with Gasteiger partial charge in [-0.3, -0.25) is 29.7 Å². The van der Waals surface area contributed by atoms with Crippen LogP contribution in [0.25, 0.3) is 22.0 Å².